The van der Waals surface area contributed by atoms with Crippen LogP contribution in [0.2, 0.25) is 0 Å². The molecular formula is C16H26N4O. The van der Waals surface area contributed by atoms with E-state index in [1.807, 2.05) is 11.0 Å². The number of rotatable bonds is 4. The summed E-state index contributed by atoms with van der Waals surface area (Å²) < 4.78 is 0. The summed E-state index contributed by atoms with van der Waals surface area (Å²) in [5.74, 6) is 0.891. The van der Waals surface area contributed by atoms with Crippen molar-refractivity contribution >= 4 is 11.7 Å². The molecule has 1 fully saturated rings. The Morgan fingerprint density at radius 2 is 2.29 bits per heavy atom. The summed E-state index contributed by atoms with van der Waals surface area (Å²) in [6, 6.07) is 3.91. The van der Waals surface area contributed by atoms with Gasteiger partial charge in [0, 0.05) is 37.4 Å². The first-order chi connectivity index (χ1) is 10.1. The second-order valence-corrected chi connectivity index (χ2v) is 5.82. The molecule has 2 heterocycles. The molecule has 2 rings (SSSR count). The highest BCUT2D eigenvalue weighted by molar-refractivity contribution is 5.95. The van der Waals surface area contributed by atoms with Crippen molar-refractivity contribution in [3.05, 3.63) is 23.9 Å². The maximum Gasteiger partial charge on any atom is 0.254 e. The lowest BCUT2D eigenvalue weighted by atomic mass is 10.2. The number of anilines is 1. The zero-order valence-electron chi connectivity index (χ0n) is 13.3. The molecule has 0 aromatic carbocycles. The van der Waals surface area contributed by atoms with E-state index in [-0.39, 0.29) is 11.9 Å². The molecule has 21 heavy (non-hydrogen) atoms. The molecule has 1 aromatic rings. The molecule has 1 aliphatic rings. The lowest BCUT2D eigenvalue weighted by Gasteiger charge is -2.28. The smallest absolute Gasteiger partial charge is 0.254 e. The van der Waals surface area contributed by atoms with Crippen LogP contribution in [0.25, 0.3) is 0 Å². The van der Waals surface area contributed by atoms with E-state index in [0.717, 1.165) is 50.4 Å². The molecule has 0 bridgehead atoms. The van der Waals surface area contributed by atoms with Gasteiger partial charge in [0.15, 0.2) is 0 Å². The monoisotopic (exact) mass is 290 g/mol. The van der Waals surface area contributed by atoms with Gasteiger partial charge < -0.3 is 15.1 Å². The van der Waals surface area contributed by atoms with Crippen LogP contribution in [-0.4, -0.2) is 60.0 Å². The molecule has 116 valence electrons. The van der Waals surface area contributed by atoms with Crippen molar-refractivity contribution in [3.8, 4) is 0 Å². The second kappa shape index (κ2) is 7.41. The van der Waals surface area contributed by atoms with Crippen molar-refractivity contribution in [3.63, 3.8) is 0 Å². The Kier molecular flexibility index (Phi) is 5.56. The van der Waals surface area contributed by atoms with Crippen LogP contribution in [0.15, 0.2) is 18.3 Å². The Balaban J connectivity index is 2.11. The fourth-order valence-corrected chi connectivity index (χ4v) is 2.75. The first kappa shape index (κ1) is 15.8. The first-order valence-corrected chi connectivity index (χ1v) is 7.81. The number of carbonyl (C=O) groups is 1. The minimum atomic E-state index is 0.111. The van der Waals surface area contributed by atoms with Crippen LogP contribution < -0.4 is 5.32 Å². The fourth-order valence-electron chi connectivity index (χ4n) is 2.75. The Morgan fingerprint density at radius 1 is 1.48 bits per heavy atom. The third-order valence-electron chi connectivity index (χ3n) is 3.87. The average Bonchev–Trinajstić information content (AvgIpc) is 2.65. The van der Waals surface area contributed by atoms with Gasteiger partial charge >= 0.3 is 0 Å². The van der Waals surface area contributed by atoms with Gasteiger partial charge in [-0.1, -0.05) is 6.92 Å². The van der Waals surface area contributed by atoms with E-state index >= 15 is 0 Å². The number of nitrogens with one attached hydrogen (secondary N) is 1. The molecule has 1 amide bonds. The predicted octanol–water partition coefficient (Wildman–Crippen LogP) is 2.07. The zero-order valence-corrected chi connectivity index (χ0v) is 13.3. The van der Waals surface area contributed by atoms with Gasteiger partial charge in [-0.15, -0.1) is 0 Å². The van der Waals surface area contributed by atoms with Crippen molar-refractivity contribution in [2.45, 2.75) is 32.7 Å². The molecule has 1 unspecified atom stereocenters. The Labute approximate surface area is 127 Å². The summed E-state index contributed by atoms with van der Waals surface area (Å²) in [6.07, 6.45) is 3.77. The van der Waals surface area contributed by atoms with Gasteiger partial charge in [0.1, 0.15) is 5.82 Å². The van der Waals surface area contributed by atoms with Gasteiger partial charge in [-0.2, -0.15) is 0 Å². The van der Waals surface area contributed by atoms with Crippen LogP contribution >= 0.6 is 0 Å². The molecule has 0 radical (unpaired) electrons. The van der Waals surface area contributed by atoms with Crippen molar-refractivity contribution < 1.29 is 4.79 Å². The highest BCUT2D eigenvalue weighted by Gasteiger charge is 2.25. The minimum Gasteiger partial charge on any atom is -0.370 e. The van der Waals surface area contributed by atoms with Gasteiger partial charge in [0.05, 0.1) is 0 Å². The number of aromatic nitrogens is 1. The Bertz CT molecular complexity index is 477. The number of nitrogens with zero attached hydrogens (tertiary/aromatic N) is 3. The molecule has 0 saturated carbocycles. The largest absolute Gasteiger partial charge is 0.370 e. The van der Waals surface area contributed by atoms with Gasteiger partial charge in [0.2, 0.25) is 0 Å². The molecule has 0 spiro atoms. The number of hydrogen-bond donors (Lipinski definition) is 1. The normalized spacial score (nSPS) is 20.1. The first-order valence-electron chi connectivity index (χ1n) is 7.81. The van der Waals surface area contributed by atoms with Gasteiger partial charge in [-0.3, -0.25) is 4.79 Å². The van der Waals surface area contributed by atoms with Crippen molar-refractivity contribution in [2.24, 2.45) is 0 Å². The van der Waals surface area contributed by atoms with Gasteiger partial charge in [-0.05, 0) is 45.5 Å². The molecular weight excluding hydrogens is 264 g/mol. The third-order valence-corrected chi connectivity index (χ3v) is 3.87. The summed E-state index contributed by atoms with van der Waals surface area (Å²) in [5, 5.41) is 3.23. The van der Waals surface area contributed by atoms with Gasteiger partial charge in [0.25, 0.3) is 5.91 Å². The minimum absolute atomic E-state index is 0.111. The average molecular weight is 290 g/mol. The maximum atomic E-state index is 12.7. The van der Waals surface area contributed by atoms with E-state index in [1.54, 1.807) is 12.3 Å². The van der Waals surface area contributed by atoms with Crippen molar-refractivity contribution in [2.75, 3.05) is 38.5 Å². The van der Waals surface area contributed by atoms with E-state index in [9.17, 15) is 4.79 Å². The van der Waals surface area contributed by atoms with E-state index < -0.39 is 0 Å². The number of pyridine rings is 1. The van der Waals surface area contributed by atoms with E-state index in [4.69, 9.17) is 0 Å². The van der Waals surface area contributed by atoms with Crippen LogP contribution in [0, 0.1) is 0 Å². The molecule has 1 saturated heterocycles. The number of amides is 1. The van der Waals surface area contributed by atoms with Gasteiger partial charge in [-0.25, -0.2) is 4.98 Å². The molecule has 1 atom stereocenters. The lowest BCUT2D eigenvalue weighted by molar-refractivity contribution is 0.0696. The van der Waals surface area contributed by atoms with Crippen LogP contribution in [0.4, 0.5) is 5.82 Å². The summed E-state index contributed by atoms with van der Waals surface area (Å²) >= 11 is 0. The highest BCUT2D eigenvalue weighted by Crippen LogP contribution is 2.15. The zero-order chi connectivity index (χ0) is 15.2. The lowest BCUT2D eigenvalue weighted by Crippen LogP contribution is -2.42. The summed E-state index contributed by atoms with van der Waals surface area (Å²) in [7, 11) is 2.11. The molecule has 1 aromatic heterocycles. The summed E-state index contributed by atoms with van der Waals surface area (Å²) in [5.41, 5.74) is 0.722. The quantitative estimate of drug-likeness (QED) is 0.922. The number of likely N-dealkylation sites (N-methyl/N-ethyl adjacent to an activating group) is 1. The maximum absolute atomic E-state index is 12.7. The Morgan fingerprint density at radius 3 is 3.05 bits per heavy atom. The fraction of sp³-hybridized carbons (Fsp3) is 0.625. The number of hydrogen-bond acceptors (Lipinski definition) is 4. The van der Waals surface area contributed by atoms with Crippen LogP contribution in [0.3, 0.4) is 0 Å². The third kappa shape index (κ3) is 4.17. The number of carbonyl (C=O) groups excluding carboxylic acids is 1. The van der Waals surface area contributed by atoms with E-state index in [1.165, 1.54) is 0 Å². The SMILES string of the molecule is CCCNc1cc(C(=O)N2CCCN(C)CC2C)ccn1. The second-order valence-electron chi connectivity index (χ2n) is 5.82. The molecule has 5 heteroatoms. The van der Waals surface area contributed by atoms with Crippen LogP contribution in [-0.2, 0) is 0 Å². The molecule has 1 aliphatic heterocycles. The Hall–Kier alpha value is -1.62. The van der Waals surface area contributed by atoms with E-state index in [2.05, 4.69) is 36.1 Å². The molecule has 5 nitrogen and oxygen atoms in total. The van der Waals surface area contributed by atoms with Crippen molar-refractivity contribution in [1.29, 1.82) is 0 Å². The summed E-state index contributed by atoms with van der Waals surface area (Å²) in [4.78, 5) is 21.3. The van der Waals surface area contributed by atoms with Crippen LogP contribution in [0.1, 0.15) is 37.0 Å². The predicted molar refractivity (Wildman–Crippen MR) is 85.6 cm³/mol. The van der Waals surface area contributed by atoms with Crippen molar-refractivity contribution in [1.82, 2.24) is 14.8 Å². The van der Waals surface area contributed by atoms with E-state index in [0.29, 0.717) is 0 Å². The van der Waals surface area contributed by atoms with Crippen LogP contribution in [0.5, 0.6) is 0 Å². The summed E-state index contributed by atoms with van der Waals surface area (Å²) in [6.45, 7) is 7.90. The highest BCUT2D eigenvalue weighted by atomic mass is 16.2. The molecule has 1 N–H and O–H groups in total. The standard InChI is InChI=1S/C16H26N4O/c1-4-7-17-15-11-14(6-8-18-15)16(21)20-10-5-9-19(3)12-13(20)2/h6,8,11,13H,4-5,7,9-10,12H2,1-3H3,(H,17,18). The molecule has 0 aliphatic carbocycles. The topological polar surface area (TPSA) is 48.5 Å².